The van der Waals surface area contributed by atoms with Crippen LogP contribution in [0.5, 0.6) is 0 Å². The number of anilines is 2. The molecule has 1 aromatic rings. The topological polar surface area (TPSA) is 63.8 Å². The maximum absolute atomic E-state index is 5.50. The van der Waals surface area contributed by atoms with Crippen molar-refractivity contribution in [1.82, 2.24) is 9.97 Å². The molecule has 0 bridgehead atoms. The minimum Gasteiger partial charge on any atom is -0.396 e. The summed E-state index contributed by atoms with van der Waals surface area (Å²) in [6.07, 6.45) is 3.22. The van der Waals surface area contributed by atoms with Crippen molar-refractivity contribution in [3.8, 4) is 0 Å². The third-order valence-electron chi connectivity index (χ3n) is 2.94. The fourth-order valence-corrected chi connectivity index (χ4v) is 0.940. The van der Waals surface area contributed by atoms with Gasteiger partial charge in [0.1, 0.15) is 0 Å². The molecule has 0 radical (unpaired) electrons. The predicted molar refractivity (Wildman–Crippen MR) is 63.6 cm³/mol. The van der Waals surface area contributed by atoms with E-state index in [-0.39, 0.29) is 5.41 Å². The highest BCUT2D eigenvalue weighted by molar-refractivity contribution is 5.35. The van der Waals surface area contributed by atoms with E-state index in [2.05, 4.69) is 43.0 Å². The molecule has 0 unspecified atom stereocenters. The molecule has 15 heavy (non-hydrogen) atoms. The quantitative estimate of drug-likeness (QED) is 0.795. The molecule has 0 spiro atoms. The lowest BCUT2D eigenvalue weighted by molar-refractivity contribution is 0.269. The Morgan fingerprint density at radius 1 is 1.33 bits per heavy atom. The van der Waals surface area contributed by atoms with E-state index in [0.29, 0.717) is 17.6 Å². The molecule has 3 N–H and O–H groups in total. The number of aromatic nitrogens is 2. The molecule has 0 aromatic carbocycles. The summed E-state index contributed by atoms with van der Waals surface area (Å²) in [4.78, 5) is 8.19. The normalized spacial score (nSPS) is 11.8. The molecule has 0 aliphatic heterocycles. The summed E-state index contributed by atoms with van der Waals surface area (Å²) in [7, 11) is 0. The average molecular weight is 208 g/mol. The number of nitrogens with zero attached hydrogens (tertiary/aromatic N) is 2. The van der Waals surface area contributed by atoms with Gasteiger partial charge in [0.05, 0.1) is 18.1 Å². The minimum absolute atomic E-state index is 0.227. The molecule has 4 heteroatoms. The highest BCUT2D eigenvalue weighted by Crippen LogP contribution is 2.25. The van der Waals surface area contributed by atoms with E-state index in [1.807, 2.05) is 0 Å². The lowest BCUT2D eigenvalue weighted by atomic mass is 9.81. The van der Waals surface area contributed by atoms with Gasteiger partial charge in [-0.25, -0.2) is 9.97 Å². The molecule has 1 aromatic heterocycles. The van der Waals surface area contributed by atoms with Gasteiger partial charge in [-0.2, -0.15) is 0 Å². The fraction of sp³-hybridized carbons (Fsp3) is 0.636. The standard InChI is InChI=1S/C11H20N4/c1-8(2)11(3,4)7-15-10-13-5-9(12)6-14-10/h5-6,8H,7,12H2,1-4H3,(H,13,14,15). The maximum atomic E-state index is 5.50. The minimum atomic E-state index is 0.227. The van der Waals surface area contributed by atoms with Crippen LogP contribution < -0.4 is 11.1 Å². The number of nitrogens with two attached hydrogens (primary N) is 1. The predicted octanol–water partition coefficient (Wildman–Crippen LogP) is 2.15. The van der Waals surface area contributed by atoms with Crippen molar-refractivity contribution in [1.29, 1.82) is 0 Å². The molecule has 0 aliphatic rings. The Morgan fingerprint density at radius 2 is 1.87 bits per heavy atom. The number of hydrogen-bond acceptors (Lipinski definition) is 4. The van der Waals surface area contributed by atoms with Gasteiger partial charge in [-0.1, -0.05) is 27.7 Å². The summed E-state index contributed by atoms with van der Waals surface area (Å²) in [6, 6.07) is 0. The summed E-state index contributed by atoms with van der Waals surface area (Å²) in [6.45, 7) is 9.73. The van der Waals surface area contributed by atoms with Crippen LogP contribution in [0.25, 0.3) is 0 Å². The van der Waals surface area contributed by atoms with Gasteiger partial charge in [0.15, 0.2) is 0 Å². The third-order valence-corrected chi connectivity index (χ3v) is 2.94. The number of rotatable bonds is 4. The van der Waals surface area contributed by atoms with E-state index in [1.54, 1.807) is 12.4 Å². The Morgan fingerprint density at radius 3 is 2.33 bits per heavy atom. The second-order valence-electron chi connectivity index (χ2n) is 4.84. The van der Waals surface area contributed by atoms with Crippen molar-refractivity contribution in [3.63, 3.8) is 0 Å². The Balaban J connectivity index is 2.54. The Labute approximate surface area is 91.3 Å². The van der Waals surface area contributed by atoms with E-state index >= 15 is 0 Å². The van der Waals surface area contributed by atoms with Crippen molar-refractivity contribution in [2.45, 2.75) is 27.7 Å². The monoisotopic (exact) mass is 208 g/mol. The van der Waals surface area contributed by atoms with Crippen molar-refractivity contribution in [2.24, 2.45) is 11.3 Å². The Kier molecular flexibility index (Phi) is 3.50. The maximum Gasteiger partial charge on any atom is 0.222 e. The van der Waals surface area contributed by atoms with E-state index in [0.717, 1.165) is 6.54 Å². The van der Waals surface area contributed by atoms with Crippen LogP contribution in [-0.4, -0.2) is 16.5 Å². The molecule has 4 nitrogen and oxygen atoms in total. The first-order valence-corrected chi connectivity index (χ1v) is 5.23. The molecule has 0 saturated heterocycles. The van der Waals surface area contributed by atoms with E-state index in [9.17, 15) is 0 Å². The highest BCUT2D eigenvalue weighted by Gasteiger charge is 2.22. The Hall–Kier alpha value is -1.32. The van der Waals surface area contributed by atoms with Gasteiger partial charge >= 0.3 is 0 Å². The van der Waals surface area contributed by atoms with Gasteiger partial charge in [0, 0.05) is 6.54 Å². The van der Waals surface area contributed by atoms with Crippen molar-refractivity contribution >= 4 is 11.6 Å². The highest BCUT2D eigenvalue weighted by atomic mass is 15.1. The molecule has 0 amide bonds. The third kappa shape index (κ3) is 3.38. The van der Waals surface area contributed by atoms with E-state index in [1.165, 1.54) is 0 Å². The van der Waals surface area contributed by atoms with Crippen LogP contribution in [0.3, 0.4) is 0 Å². The average Bonchev–Trinajstić information content (AvgIpc) is 2.17. The molecule has 1 heterocycles. The Bertz CT molecular complexity index is 303. The summed E-state index contributed by atoms with van der Waals surface area (Å²) < 4.78 is 0. The molecule has 1 rings (SSSR count). The first kappa shape index (κ1) is 11.8. The van der Waals surface area contributed by atoms with Gasteiger partial charge in [-0.15, -0.1) is 0 Å². The SMILES string of the molecule is CC(C)C(C)(C)CNc1ncc(N)cn1. The molecule has 0 aliphatic carbocycles. The molecular formula is C11H20N4. The van der Waals surface area contributed by atoms with Crippen LogP contribution in [0.2, 0.25) is 0 Å². The van der Waals surface area contributed by atoms with Crippen LogP contribution in [0.4, 0.5) is 11.6 Å². The van der Waals surface area contributed by atoms with E-state index < -0.39 is 0 Å². The van der Waals surface area contributed by atoms with Gasteiger partial charge < -0.3 is 11.1 Å². The number of nitrogens with one attached hydrogen (secondary N) is 1. The van der Waals surface area contributed by atoms with Crippen LogP contribution in [0.1, 0.15) is 27.7 Å². The van der Waals surface area contributed by atoms with Crippen LogP contribution in [-0.2, 0) is 0 Å². The zero-order valence-corrected chi connectivity index (χ0v) is 9.91. The molecule has 0 saturated carbocycles. The molecular weight excluding hydrogens is 188 g/mol. The van der Waals surface area contributed by atoms with Crippen molar-refractivity contribution < 1.29 is 0 Å². The fourth-order valence-electron chi connectivity index (χ4n) is 0.940. The number of hydrogen-bond donors (Lipinski definition) is 2. The van der Waals surface area contributed by atoms with E-state index in [4.69, 9.17) is 5.73 Å². The van der Waals surface area contributed by atoms with Crippen molar-refractivity contribution in [2.75, 3.05) is 17.6 Å². The largest absolute Gasteiger partial charge is 0.396 e. The smallest absolute Gasteiger partial charge is 0.222 e. The zero-order chi connectivity index (χ0) is 11.5. The first-order valence-electron chi connectivity index (χ1n) is 5.23. The molecule has 0 atom stereocenters. The van der Waals surface area contributed by atoms with Crippen LogP contribution in [0.15, 0.2) is 12.4 Å². The second-order valence-corrected chi connectivity index (χ2v) is 4.84. The summed E-state index contributed by atoms with van der Waals surface area (Å²) in [5.74, 6) is 1.25. The van der Waals surface area contributed by atoms with Gasteiger partial charge in [0.25, 0.3) is 0 Å². The van der Waals surface area contributed by atoms with Gasteiger partial charge in [0.2, 0.25) is 5.95 Å². The molecule has 84 valence electrons. The zero-order valence-electron chi connectivity index (χ0n) is 9.91. The van der Waals surface area contributed by atoms with Crippen LogP contribution >= 0.6 is 0 Å². The summed E-state index contributed by atoms with van der Waals surface area (Å²) in [5, 5.41) is 3.22. The van der Waals surface area contributed by atoms with Crippen molar-refractivity contribution in [3.05, 3.63) is 12.4 Å². The van der Waals surface area contributed by atoms with Gasteiger partial charge in [-0.05, 0) is 11.3 Å². The lowest BCUT2D eigenvalue weighted by Crippen LogP contribution is -2.29. The summed E-state index contributed by atoms with van der Waals surface area (Å²) in [5.41, 5.74) is 6.32. The molecule has 0 fully saturated rings. The second kappa shape index (κ2) is 4.47. The summed E-state index contributed by atoms with van der Waals surface area (Å²) >= 11 is 0. The lowest BCUT2D eigenvalue weighted by Gasteiger charge is -2.29. The van der Waals surface area contributed by atoms with Gasteiger partial charge in [-0.3, -0.25) is 0 Å². The first-order chi connectivity index (χ1) is 6.92. The van der Waals surface area contributed by atoms with Crippen LogP contribution in [0, 0.1) is 11.3 Å². The number of nitrogen functional groups attached to an aromatic ring is 1.